The first-order valence-corrected chi connectivity index (χ1v) is 7.15. The maximum atomic E-state index is 11.3. The lowest BCUT2D eigenvalue weighted by atomic mass is 10.3. The number of carbonyl (C=O) groups is 2. The molecule has 0 aromatic carbocycles. The standard InChI is InChI=1S/C14H26O8/c1-17-5-7-19-9-11-21-13(15)3-4-14(16)22-12-10-20-8-6-18-2/h3-12H2,1-2H3. The van der Waals surface area contributed by atoms with Gasteiger partial charge in [-0.3, -0.25) is 9.59 Å². The zero-order valence-electron chi connectivity index (χ0n) is 13.3. The van der Waals surface area contributed by atoms with Crippen LogP contribution in [0.4, 0.5) is 0 Å². The van der Waals surface area contributed by atoms with Gasteiger partial charge in [0.2, 0.25) is 0 Å². The van der Waals surface area contributed by atoms with Crippen LogP contribution < -0.4 is 0 Å². The van der Waals surface area contributed by atoms with Gasteiger partial charge < -0.3 is 28.4 Å². The number of rotatable bonds is 15. The van der Waals surface area contributed by atoms with E-state index in [4.69, 9.17) is 28.4 Å². The predicted molar refractivity (Wildman–Crippen MR) is 76.5 cm³/mol. The van der Waals surface area contributed by atoms with E-state index in [9.17, 15) is 9.59 Å². The van der Waals surface area contributed by atoms with Crippen LogP contribution in [0.2, 0.25) is 0 Å². The monoisotopic (exact) mass is 322 g/mol. The Hall–Kier alpha value is -1.22. The zero-order valence-corrected chi connectivity index (χ0v) is 13.3. The first kappa shape index (κ1) is 20.8. The highest BCUT2D eigenvalue weighted by molar-refractivity contribution is 5.77. The maximum absolute atomic E-state index is 11.3. The highest BCUT2D eigenvalue weighted by atomic mass is 16.6. The smallest absolute Gasteiger partial charge is 0.306 e. The number of ether oxygens (including phenoxy) is 6. The number of methoxy groups -OCH3 is 2. The number of hydrogen-bond donors (Lipinski definition) is 0. The van der Waals surface area contributed by atoms with Crippen molar-refractivity contribution in [2.45, 2.75) is 12.8 Å². The van der Waals surface area contributed by atoms with Crippen molar-refractivity contribution in [3.8, 4) is 0 Å². The van der Waals surface area contributed by atoms with Crippen molar-refractivity contribution in [1.82, 2.24) is 0 Å². The maximum Gasteiger partial charge on any atom is 0.306 e. The zero-order chi connectivity index (χ0) is 16.5. The highest BCUT2D eigenvalue weighted by Gasteiger charge is 2.09. The van der Waals surface area contributed by atoms with Crippen molar-refractivity contribution >= 4 is 11.9 Å². The van der Waals surface area contributed by atoms with Gasteiger partial charge in [-0.15, -0.1) is 0 Å². The Labute approximate surface area is 130 Å². The Morgan fingerprint density at radius 1 is 0.591 bits per heavy atom. The molecule has 0 aromatic rings. The molecule has 0 unspecified atom stereocenters. The topological polar surface area (TPSA) is 89.5 Å². The van der Waals surface area contributed by atoms with Crippen molar-refractivity contribution in [2.75, 3.05) is 67.1 Å². The minimum atomic E-state index is -0.455. The molecule has 0 amide bonds. The van der Waals surface area contributed by atoms with Crippen molar-refractivity contribution < 1.29 is 38.0 Å². The summed E-state index contributed by atoms with van der Waals surface area (Å²) in [6.45, 7) is 2.82. The number of esters is 2. The molecule has 22 heavy (non-hydrogen) atoms. The van der Waals surface area contributed by atoms with Gasteiger partial charge in [-0.2, -0.15) is 0 Å². The van der Waals surface area contributed by atoms with Crippen LogP contribution in [0, 0.1) is 0 Å². The van der Waals surface area contributed by atoms with Crippen molar-refractivity contribution in [3.63, 3.8) is 0 Å². The van der Waals surface area contributed by atoms with E-state index in [1.165, 1.54) is 0 Å². The van der Waals surface area contributed by atoms with Crippen LogP contribution in [0.25, 0.3) is 0 Å². The van der Waals surface area contributed by atoms with Crippen LogP contribution in [0.5, 0.6) is 0 Å². The van der Waals surface area contributed by atoms with Gasteiger partial charge in [0.1, 0.15) is 13.2 Å². The van der Waals surface area contributed by atoms with E-state index in [2.05, 4.69) is 0 Å². The molecule has 0 spiro atoms. The van der Waals surface area contributed by atoms with Gasteiger partial charge in [0, 0.05) is 14.2 Å². The molecule has 0 heterocycles. The van der Waals surface area contributed by atoms with Crippen LogP contribution in [-0.4, -0.2) is 79.0 Å². The minimum Gasteiger partial charge on any atom is -0.463 e. The molecule has 8 heteroatoms. The van der Waals surface area contributed by atoms with Gasteiger partial charge in [-0.25, -0.2) is 0 Å². The van der Waals surface area contributed by atoms with Crippen molar-refractivity contribution in [1.29, 1.82) is 0 Å². The quantitative estimate of drug-likeness (QED) is 0.311. The Bertz CT molecular complexity index is 254. The molecule has 8 nitrogen and oxygen atoms in total. The fourth-order valence-corrected chi connectivity index (χ4v) is 1.27. The second kappa shape index (κ2) is 16.2. The third-order valence-corrected chi connectivity index (χ3v) is 2.38. The fraction of sp³-hybridized carbons (Fsp3) is 0.857. The molecule has 0 saturated heterocycles. The Morgan fingerprint density at radius 3 is 1.32 bits per heavy atom. The fourth-order valence-electron chi connectivity index (χ4n) is 1.27. The summed E-state index contributed by atoms with van der Waals surface area (Å²) in [6, 6.07) is 0. The number of carbonyl (C=O) groups excluding carboxylic acids is 2. The van der Waals surface area contributed by atoms with Crippen molar-refractivity contribution in [3.05, 3.63) is 0 Å². The van der Waals surface area contributed by atoms with E-state index in [0.717, 1.165) is 0 Å². The molecule has 0 rings (SSSR count). The van der Waals surface area contributed by atoms with Gasteiger partial charge in [0.05, 0.1) is 52.5 Å². The van der Waals surface area contributed by atoms with Gasteiger partial charge in [0.15, 0.2) is 0 Å². The van der Waals surface area contributed by atoms with Gasteiger partial charge >= 0.3 is 11.9 Å². The molecule has 0 N–H and O–H groups in total. The normalized spacial score (nSPS) is 10.5. The number of hydrogen-bond acceptors (Lipinski definition) is 8. The third kappa shape index (κ3) is 15.2. The molecule has 0 fully saturated rings. The summed E-state index contributed by atoms with van der Waals surface area (Å²) in [4.78, 5) is 22.7. The van der Waals surface area contributed by atoms with Crippen LogP contribution in [0.1, 0.15) is 12.8 Å². The molecular weight excluding hydrogens is 296 g/mol. The summed E-state index contributed by atoms with van der Waals surface area (Å²) in [5.74, 6) is -0.910. The lowest BCUT2D eigenvalue weighted by Gasteiger charge is -2.07. The van der Waals surface area contributed by atoms with E-state index in [1.54, 1.807) is 14.2 Å². The summed E-state index contributed by atoms with van der Waals surface area (Å²) in [5, 5.41) is 0. The first-order valence-electron chi connectivity index (χ1n) is 7.15. The van der Waals surface area contributed by atoms with Gasteiger partial charge in [-0.05, 0) is 0 Å². The average molecular weight is 322 g/mol. The molecule has 0 atom stereocenters. The molecule has 0 aliphatic carbocycles. The largest absolute Gasteiger partial charge is 0.463 e. The third-order valence-electron chi connectivity index (χ3n) is 2.38. The summed E-state index contributed by atoms with van der Waals surface area (Å²) >= 11 is 0. The van der Waals surface area contributed by atoms with E-state index in [0.29, 0.717) is 39.6 Å². The molecular formula is C14H26O8. The molecule has 0 saturated carbocycles. The molecule has 0 radical (unpaired) electrons. The van der Waals surface area contributed by atoms with Crippen LogP contribution in [0.15, 0.2) is 0 Å². The van der Waals surface area contributed by atoms with E-state index in [1.807, 2.05) is 0 Å². The highest BCUT2D eigenvalue weighted by Crippen LogP contribution is 1.96. The summed E-state index contributed by atoms with van der Waals surface area (Å²) in [6.07, 6.45) is -0.0249. The molecule has 0 aliphatic rings. The second-order valence-corrected chi connectivity index (χ2v) is 4.15. The second-order valence-electron chi connectivity index (χ2n) is 4.15. The summed E-state index contributed by atoms with van der Waals surface area (Å²) in [7, 11) is 3.16. The average Bonchev–Trinajstić information content (AvgIpc) is 2.52. The Kier molecular flexibility index (Phi) is 15.3. The predicted octanol–water partition coefficient (Wildman–Crippen LogP) is 0.179. The van der Waals surface area contributed by atoms with E-state index in [-0.39, 0.29) is 26.1 Å². The molecule has 0 bridgehead atoms. The molecule has 0 aliphatic heterocycles. The van der Waals surface area contributed by atoms with E-state index < -0.39 is 11.9 Å². The lowest BCUT2D eigenvalue weighted by molar-refractivity contribution is -0.152. The van der Waals surface area contributed by atoms with Crippen LogP contribution in [-0.2, 0) is 38.0 Å². The Morgan fingerprint density at radius 2 is 0.955 bits per heavy atom. The SMILES string of the molecule is COCCOCCOC(=O)CCC(=O)OCCOCCOC. The van der Waals surface area contributed by atoms with Gasteiger partial charge in [0.25, 0.3) is 0 Å². The van der Waals surface area contributed by atoms with Gasteiger partial charge in [-0.1, -0.05) is 0 Å². The van der Waals surface area contributed by atoms with Crippen LogP contribution in [0.3, 0.4) is 0 Å². The van der Waals surface area contributed by atoms with E-state index >= 15 is 0 Å². The first-order chi connectivity index (χ1) is 10.7. The summed E-state index contributed by atoms with van der Waals surface area (Å²) < 4.78 is 29.6. The lowest BCUT2D eigenvalue weighted by Crippen LogP contribution is -2.15. The van der Waals surface area contributed by atoms with Crippen molar-refractivity contribution in [2.24, 2.45) is 0 Å². The molecule has 130 valence electrons. The summed E-state index contributed by atoms with van der Waals surface area (Å²) in [5.41, 5.74) is 0. The van der Waals surface area contributed by atoms with Crippen LogP contribution >= 0.6 is 0 Å². The minimum absolute atomic E-state index is 0.0125. The molecule has 0 aromatic heterocycles. The Balaban J connectivity index is 3.36.